The van der Waals surface area contributed by atoms with Gasteiger partial charge in [0.2, 0.25) is 5.91 Å². The molecule has 1 aliphatic carbocycles. The Labute approximate surface area is 138 Å². The second-order valence-corrected chi connectivity index (χ2v) is 6.70. The fourth-order valence-corrected chi connectivity index (χ4v) is 3.39. The highest BCUT2D eigenvalue weighted by Gasteiger charge is 2.33. The van der Waals surface area contributed by atoms with Crippen LogP contribution < -0.4 is 10.5 Å². The zero-order chi connectivity index (χ0) is 16.9. The van der Waals surface area contributed by atoms with Crippen LogP contribution in [0.4, 0.5) is 0 Å². The minimum absolute atomic E-state index is 0.0176. The van der Waals surface area contributed by atoms with Gasteiger partial charge in [0, 0.05) is 20.0 Å². The smallest absolute Gasteiger partial charge is 0.223 e. The fraction of sp³-hybridized carbons (Fsp3) is 0.611. The van der Waals surface area contributed by atoms with E-state index in [1.807, 2.05) is 7.05 Å². The topological polar surface area (TPSA) is 75.8 Å². The number of rotatable bonds is 6. The molecule has 5 heteroatoms. The lowest BCUT2D eigenvalue weighted by molar-refractivity contribution is -0.133. The number of benzene rings is 1. The summed E-state index contributed by atoms with van der Waals surface area (Å²) in [5, 5.41) is 9.64. The molecule has 1 saturated carbocycles. The summed E-state index contributed by atoms with van der Waals surface area (Å²) < 4.78 is 5.11. The summed E-state index contributed by atoms with van der Waals surface area (Å²) in [4.78, 5) is 14.3. The molecule has 2 rings (SSSR count). The van der Waals surface area contributed by atoms with E-state index in [0.29, 0.717) is 25.3 Å². The van der Waals surface area contributed by atoms with E-state index in [0.717, 1.165) is 18.4 Å². The molecule has 0 radical (unpaired) electrons. The van der Waals surface area contributed by atoms with Gasteiger partial charge >= 0.3 is 0 Å². The second-order valence-electron chi connectivity index (χ2n) is 6.70. The van der Waals surface area contributed by atoms with E-state index in [-0.39, 0.29) is 17.1 Å². The van der Waals surface area contributed by atoms with Crippen LogP contribution in [0.5, 0.6) is 11.5 Å². The zero-order valence-corrected chi connectivity index (χ0v) is 14.2. The standard InChI is InChI=1S/C18H28N2O3/c1-20(12-14-6-7-15(21)16(10-14)23-2)17(22)11-18(13-19)8-4-3-5-9-18/h6-7,10,21H,3-5,8-9,11-13,19H2,1-2H3. The quantitative estimate of drug-likeness (QED) is 0.845. The summed E-state index contributed by atoms with van der Waals surface area (Å²) in [5.41, 5.74) is 6.89. The molecular weight excluding hydrogens is 292 g/mol. The van der Waals surface area contributed by atoms with Gasteiger partial charge < -0.3 is 20.5 Å². The highest BCUT2D eigenvalue weighted by molar-refractivity contribution is 5.76. The Bertz CT molecular complexity index is 539. The molecule has 0 saturated heterocycles. The average molecular weight is 320 g/mol. The third kappa shape index (κ3) is 4.38. The number of phenolic OH excluding ortho intramolecular Hbond substituents is 1. The molecule has 128 valence electrons. The lowest BCUT2D eigenvalue weighted by Crippen LogP contribution is -2.39. The van der Waals surface area contributed by atoms with Gasteiger partial charge in [-0.05, 0) is 42.5 Å². The van der Waals surface area contributed by atoms with Crippen LogP contribution in [0.15, 0.2) is 18.2 Å². The highest BCUT2D eigenvalue weighted by atomic mass is 16.5. The van der Waals surface area contributed by atoms with Crippen LogP contribution in [0, 0.1) is 5.41 Å². The minimum Gasteiger partial charge on any atom is -0.504 e. The van der Waals surface area contributed by atoms with Crippen LogP contribution >= 0.6 is 0 Å². The van der Waals surface area contributed by atoms with Crippen molar-refractivity contribution in [1.82, 2.24) is 4.90 Å². The van der Waals surface area contributed by atoms with Gasteiger partial charge in [0.1, 0.15) is 0 Å². The molecule has 5 nitrogen and oxygen atoms in total. The Morgan fingerprint density at radius 1 is 1.35 bits per heavy atom. The molecule has 0 heterocycles. The van der Waals surface area contributed by atoms with Crippen molar-refractivity contribution in [3.05, 3.63) is 23.8 Å². The van der Waals surface area contributed by atoms with Crippen molar-refractivity contribution >= 4 is 5.91 Å². The van der Waals surface area contributed by atoms with Crippen molar-refractivity contribution in [2.24, 2.45) is 11.1 Å². The maximum Gasteiger partial charge on any atom is 0.223 e. The van der Waals surface area contributed by atoms with E-state index in [1.54, 1.807) is 23.1 Å². The van der Waals surface area contributed by atoms with Crippen LogP contribution in [0.2, 0.25) is 0 Å². The maximum absolute atomic E-state index is 12.6. The Hall–Kier alpha value is -1.75. The zero-order valence-electron chi connectivity index (χ0n) is 14.2. The van der Waals surface area contributed by atoms with Crippen LogP contribution in [0.1, 0.15) is 44.1 Å². The number of carbonyl (C=O) groups is 1. The number of hydrogen-bond acceptors (Lipinski definition) is 4. The molecule has 0 aliphatic heterocycles. The number of amides is 1. The number of phenols is 1. The first-order chi connectivity index (χ1) is 11.0. The van der Waals surface area contributed by atoms with Gasteiger partial charge in [-0.15, -0.1) is 0 Å². The predicted octanol–water partition coefficient (Wildman–Crippen LogP) is 2.66. The van der Waals surface area contributed by atoms with E-state index < -0.39 is 0 Å². The van der Waals surface area contributed by atoms with Gasteiger partial charge in [-0.1, -0.05) is 25.3 Å². The number of carbonyl (C=O) groups excluding carboxylic acids is 1. The monoisotopic (exact) mass is 320 g/mol. The molecule has 0 spiro atoms. The summed E-state index contributed by atoms with van der Waals surface area (Å²) in [6.07, 6.45) is 6.22. The second kappa shape index (κ2) is 7.68. The number of aromatic hydroxyl groups is 1. The molecule has 1 aromatic rings. The van der Waals surface area contributed by atoms with E-state index in [9.17, 15) is 9.90 Å². The van der Waals surface area contributed by atoms with Crippen LogP contribution in [0.25, 0.3) is 0 Å². The Morgan fingerprint density at radius 2 is 2.04 bits per heavy atom. The van der Waals surface area contributed by atoms with Crippen molar-refractivity contribution < 1.29 is 14.6 Å². The number of nitrogens with two attached hydrogens (primary N) is 1. The summed E-state index contributed by atoms with van der Waals surface area (Å²) in [6, 6.07) is 5.16. The van der Waals surface area contributed by atoms with Crippen LogP contribution in [0.3, 0.4) is 0 Å². The minimum atomic E-state index is -0.0176. The van der Waals surface area contributed by atoms with Crippen LogP contribution in [-0.4, -0.2) is 36.6 Å². The molecule has 0 unspecified atom stereocenters. The third-order valence-electron chi connectivity index (χ3n) is 4.96. The summed E-state index contributed by atoms with van der Waals surface area (Å²) in [6.45, 7) is 1.08. The maximum atomic E-state index is 12.6. The van der Waals surface area contributed by atoms with Crippen molar-refractivity contribution in [3.8, 4) is 11.5 Å². The Morgan fingerprint density at radius 3 is 2.65 bits per heavy atom. The van der Waals surface area contributed by atoms with E-state index in [2.05, 4.69) is 0 Å². The molecule has 1 aromatic carbocycles. The van der Waals surface area contributed by atoms with Crippen molar-refractivity contribution in [1.29, 1.82) is 0 Å². The first-order valence-corrected chi connectivity index (χ1v) is 8.29. The number of hydrogen-bond donors (Lipinski definition) is 2. The highest BCUT2D eigenvalue weighted by Crippen LogP contribution is 2.38. The number of methoxy groups -OCH3 is 1. The van der Waals surface area contributed by atoms with Crippen molar-refractivity contribution in [2.75, 3.05) is 20.7 Å². The molecule has 0 atom stereocenters. The molecule has 3 N–H and O–H groups in total. The third-order valence-corrected chi connectivity index (χ3v) is 4.96. The van der Waals surface area contributed by atoms with Crippen LogP contribution in [-0.2, 0) is 11.3 Å². The van der Waals surface area contributed by atoms with Gasteiger partial charge in [-0.25, -0.2) is 0 Å². The van der Waals surface area contributed by atoms with E-state index >= 15 is 0 Å². The van der Waals surface area contributed by atoms with Gasteiger partial charge in [0.15, 0.2) is 11.5 Å². The molecular formula is C18H28N2O3. The first-order valence-electron chi connectivity index (χ1n) is 8.29. The fourth-order valence-electron chi connectivity index (χ4n) is 3.39. The lowest BCUT2D eigenvalue weighted by atomic mass is 9.71. The molecule has 0 bridgehead atoms. The van der Waals surface area contributed by atoms with Crippen molar-refractivity contribution in [3.63, 3.8) is 0 Å². The lowest BCUT2D eigenvalue weighted by Gasteiger charge is -2.36. The Balaban J connectivity index is 1.99. The first kappa shape index (κ1) is 17.6. The van der Waals surface area contributed by atoms with Gasteiger partial charge in [0.25, 0.3) is 0 Å². The predicted molar refractivity (Wildman–Crippen MR) is 90.3 cm³/mol. The van der Waals surface area contributed by atoms with Gasteiger partial charge in [-0.3, -0.25) is 4.79 Å². The van der Waals surface area contributed by atoms with Crippen molar-refractivity contribution in [2.45, 2.75) is 45.1 Å². The summed E-state index contributed by atoms with van der Waals surface area (Å²) in [5.74, 6) is 0.660. The normalized spacial score (nSPS) is 16.8. The number of ether oxygens (including phenoxy) is 1. The molecule has 23 heavy (non-hydrogen) atoms. The average Bonchev–Trinajstić information content (AvgIpc) is 2.57. The largest absolute Gasteiger partial charge is 0.504 e. The van der Waals surface area contributed by atoms with Gasteiger partial charge in [-0.2, -0.15) is 0 Å². The summed E-state index contributed by atoms with van der Waals surface area (Å²) in [7, 11) is 3.33. The number of nitrogens with zero attached hydrogens (tertiary/aromatic N) is 1. The van der Waals surface area contributed by atoms with Gasteiger partial charge in [0.05, 0.1) is 7.11 Å². The summed E-state index contributed by atoms with van der Waals surface area (Å²) >= 11 is 0. The molecule has 0 aromatic heterocycles. The molecule has 1 amide bonds. The SMILES string of the molecule is COc1cc(CN(C)C(=O)CC2(CN)CCCCC2)ccc1O. The molecule has 1 fully saturated rings. The van der Waals surface area contributed by atoms with E-state index in [1.165, 1.54) is 26.4 Å². The van der Waals surface area contributed by atoms with E-state index in [4.69, 9.17) is 10.5 Å². The molecule has 1 aliphatic rings. The Kier molecular flexibility index (Phi) is 5.88.